The van der Waals surface area contributed by atoms with Crippen molar-refractivity contribution in [1.29, 1.82) is 0 Å². The minimum absolute atomic E-state index is 0.0650. The Morgan fingerprint density at radius 3 is 2.48 bits per heavy atom. The van der Waals surface area contributed by atoms with E-state index in [1.807, 2.05) is 6.07 Å². The molecule has 0 aliphatic rings. The summed E-state index contributed by atoms with van der Waals surface area (Å²) in [6.07, 6.45) is 1.88. The van der Waals surface area contributed by atoms with Crippen LogP contribution < -0.4 is 5.32 Å². The fourth-order valence-corrected chi connectivity index (χ4v) is 3.14. The number of benzene rings is 1. The van der Waals surface area contributed by atoms with E-state index in [9.17, 15) is 0 Å². The molecular formula is C18H27NO2. The Hall–Kier alpha value is -1.32. The first-order valence-corrected chi connectivity index (χ1v) is 7.88. The average molecular weight is 289 g/mol. The number of aryl methyl sites for hydroxylation is 1. The third-order valence-electron chi connectivity index (χ3n) is 4.51. The zero-order valence-corrected chi connectivity index (χ0v) is 13.8. The van der Waals surface area contributed by atoms with Gasteiger partial charge in [0.15, 0.2) is 0 Å². The number of ether oxygens (including phenoxy) is 1. The molecule has 116 valence electrons. The van der Waals surface area contributed by atoms with Gasteiger partial charge in [0, 0.05) is 12.5 Å². The molecule has 0 aliphatic heterocycles. The van der Waals surface area contributed by atoms with E-state index in [1.165, 1.54) is 5.56 Å². The number of hydrogen-bond acceptors (Lipinski definition) is 3. The quantitative estimate of drug-likeness (QED) is 0.809. The minimum atomic E-state index is -0.237. The predicted octanol–water partition coefficient (Wildman–Crippen LogP) is 4.60. The van der Waals surface area contributed by atoms with E-state index in [2.05, 4.69) is 51.2 Å². The van der Waals surface area contributed by atoms with Crippen molar-refractivity contribution >= 4 is 11.0 Å². The van der Waals surface area contributed by atoms with Crippen LogP contribution in [0.25, 0.3) is 11.0 Å². The van der Waals surface area contributed by atoms with Crippen molar-refractivity contribution in [2.24, 2.45) is 0 Å². The molecule has 1 N–H and O–H groups in total. The van der Waals surface area contributed by atoms with E-state index in [4.69, 9.17) is 9.15 Å². The van der Waals surface area contributed by atoms with Crippen LogP contribution in [0.15, 0.2) is 28.7 Å². The van der Waals surface area contributed by atoms with Gasteiger partial charge in [-0.25, -0.2) is 0 Å². The summed E-state index contributed by atoms with van der Waals surface area (Å²) in [7, 11) is 1.80. The molecule has 1 unspecified atom stereocenters. The molecular weight excluding hydrogens is 262 g/mol. The molecule has 1 heterocycles. The van der Waals surface area contributed by atoms with Crippen molar-refractivity contribution in [3.05, 3.63) is 35.6 Å². The Morgan fingerprint density at radius 2 is 1.90 bits per heavy atom. The van der Waals surface area contributed by atoms with Gasteiger partial charge in [-0.05, 0) is 44.5 Å². The Morgan fingerprint density at radius 1 is 1.19 bits per heavy atom. The van der Waals surface area contributed by atoms with E-state index in [-0.39, 0.29) is 11.6 Å². The summed E-state index contributed by atoms with van der Waals surface area (Å²) in [4.78, 5) is 0. The van der Waals surface area contributed by atoms with Gasteiger partial charge in [-0.2, -0.15) is 0 Å². The lowest BCUT2D eigenvalue weighted by molar-refractivity contribution is -0.0529. The van der Waals surface area contributed by atoms with E-state index in [0.717, 1.165) is 36.1 Å². The van der Waals surface area contributed by atoms with Crippen LogP contribution >= 0.6 is 0 Å². The van der Waals surface area contributed by atoms with Crippen molar-refractivity contribution in [1.82, 2.24) is 5.32 Å². The summed E-state index contributed by atoms with van der Waals surface area (Å²) in [6, 6.07) is 8.51. The van der Waals surface area contributed by atoms with E-state index >= 15 is 0 Å². The Kier molecular flexibility index (Phi) is 5.07. The van der Waals surface area contributed by atoms with Crippen molar-refractivity contribution in [2.75, 3.05) is 13.7 Å². The van der Waals surface area contributed by atoms with Crippen molar-refractivity contribution < 1.29 is 9.15 Å². The summed E-state index contributed by atoms with van der Waals surface area (Å²) in [5.41, 5.74) is 1.95. The number of methoxy groups -OCH3 is 1. The fraction of sp³-hybridized carbons (Fsp3) is 0.556. The van der Waals surface area contributed by atoms with Gasteiger partial charge in [0.2, 0.25) is 0 Å². The molecule has 0 aliphatic carbocycles. The molecule has 0 saturated carbocycles. The summed E-state index contributed by atoms with van der Waals surface area (Å²) >= 11 is 0. The zero-order chi connectivity index (χ0) is 15.5. The highest BCUT2D eigenvalue weighted by Crippen LogP contribution is 2.37. The Bertz CT molecular complexity index is 576. The number of nitrogens with one attached hydrogen (secondary N) is 1. The molecule has 0 radical (unpaired) electrons. The van der Waals surface area contributed by atoms with Gasteiger partial charge in [0.1, 0.15) is 11.3 Å². The lowest BCUT2D eigenvalue weighted by Crippen LogP contribution is -2.44. The first kappa shape index (κ1) is 16.1. The van der Waals surface area contributed by atoms with Crippen molar-refractivity contribution in [2.45, 2.75) is 52.2 Å². The Labute approximate surface area is 127 Å². The number of furan rings is 1. The molecule has 2 aromatic rings. The number of rotatable bonds is 7. The van der Waals surface area contributed by atoms with Crippen LogP contribution in [-0.4, -0.2) is 19.3 Å². The second kappa shape index (κ2) is 6.63. The first-order valence-electron chi connectivity index (χ1n) is 7.88. The number of hydrogen-bond donors (Lipinski definition) is 1. The second-order valence-electron chi connectivity index (χ2n) is 5.66. The number of fused-ring (bicyclic) bond motifs is 1. The summed E-state index contributed by atoms with van der Waals surface area (Å²) in [5.74, 6) is 0.961. The van der Waals surface area contributed by atoms with Crippen molar-refractivity contribution in [3.8, 4) is 0 Å². The van der Waals surface area contributed by atoms with Gasteiger partial charge in [-0.1, -0.05) is 32.4 Å². The predicted molar refractivity (Wildman–Crippen MR) is 87.7 cm³/mol. The maximum atomic E-state index is 6.11. The third kappa shape index (κ3) is 2.99. The summed E-state index contributed by atoms with van der Waals surface area (Å²) in [5, 5.41) is 4.71. The van der Waals surface area contributed by atoms with Gasteiger partial charge in [0.25, 0.3) is 0 Å². The monoisotopic (exact) mass is 289 g/mol. The standard InChI is InChI=1S/C18H27NO2/c1-6-18(7-2,20-5)17(19-8-3)16-12-14-11-13(4)9-10-15(14)21-16/h9-12,17,19H,6-8H2,1-5H3. The third-order valence-corrected chi connectivity index (χ3v) is 4.51. The van der Waals surface area contributed by atoms with E-state index in [1.54, 1.807) is 7.11 Å². The summed E-state index contributed by atoms with van der Waals surface area (Å²) < 4.78 is 12.0. The lowest BCUT2D eigenvalue weighted by atomic mass is 9.86. The molecule has 3 heteroatoms. The topological polar surface area (TPSA) is 34.4 Å². The van der Waals surface area contributed by atoms with Gasteiger partial charge in [0.05, 0.1) is 11.6 Å². The van der Waals surface area contributed by atoms with Gasteiger partial charge < -0.3 is 14.5 Å². The molecule has 1 atom stereocenters. The highest BCUT2D eigenvalue weighted by Gasteiger charge is 2.38. The van der Waals surface area contributed by atoms with Crippen LogP contribution in [0.3, 0.4) is 0 Å². The van der Waals surface area contributed by atoms with Crippen molar-refractivity contribution in [3.63, 3.8) is 0 Å². The van der Waals surface area contributed by atoms with E-state index < -0.39 is 0 Å². The van der Waals surface area contributed by atoms with Gasteiger partial charge in [-0.3, -0.25) is 0 Å². The molecule has 1 aromatic carbocycles. The van der Waals surface area contributed by atoms with Gasteiger partial charge >= 0.3 is 0 Å². The normalized spacial score (nSPS) is 13.8. The molecule has 2 rings (SSSR count). The Balaban J connectivity index is 2.48. The zero-order valence-electron chi connectivity index (χ0n) is 13.8. The largest absolute Gasteiger partial charge is 0.459 e. The molecule has 0 bridgehead atoms. The molecule has 3 nitrogen and oxygen atoms in total. The second-order valence-corrected chi connectivity index (χ2v) is 5.66. The molecule has 0 amide bonds. The lowest BCUT2D eigenvalue weighted by Gasteiger charge is -2.37. The maximum absolute atomic E-state index is 6.11. The maximum Gasteiger partial charge on any atom is 0.134 e. The minimum Gasteiger partial charge on any atom is -0.459 e. The molecule has 0 spiro atoms. The van der Waals surface area contributed by atoms with Crippen LogP contribution in [0.2, 0.25) is 0 Å². The fourth-order valence-electron chi connectivity index (χ4n) is 3.14. The van der Waals surface area contributed by atoms with Crippen LogP contribution in [0.5, 0.6) is 0 Å². The smallest absolute Gasteiger partial charge is 0.134 e. The average Bonchev–Trinajstić information content (AvgIpc) is 2.91. The van der Waals surface area contributed by atoms with Crippen LogP contribution in [0.1, 0.15) is 51.0 Å². The summed E-state index contributed by atoms with van der Waals surface area (Å²) in [6.45, 7) is 9.44. The first-order chi connectivity index (χ1) is 10.1. The molecule has 0 fully saturated rings. The molecule has 1 aromatic heterocycles. The van der Waals surface area contributed by atoms with Gasteiger partial charge in [-0.15, -0.1) is 0 Å². The number of likely N-dealkylation sites (N-methyl/N-ethyl adjacent to an activating group) is 1. The SMILES string of the molecule is CCNC(c1cc2cc(C)ccc2o1)C(CC)(CC)OC. The molecule has 0 saturated heterocycles. The van der Waals surface area contributed by atoms with Crippen LogP contribution in [-0.2, 0) is 4.74 Å². The molecule has 21 heavy (non-hydrogen) atoms. The van der Waals surface area contributed by atoms with E-state index in [0.29, 0.717) is 0 Å². The highest BCUT2D eigenvalue weighted by molar-refractivity contribution is 5.78. The van der Waals surface area contributed by atoms with Crippen LogP contribution in [0, 0.1) is 6.92 Å². The highest BCUT2D eigenvalue weighted by atomic mass is 16.5. The van der Waals surface area contributed by atoms with Crippen LogP contribution in [0.4, 0.5) is 0 Å².